The van der Waals surface area contributed by atoms with Gasteiger partial charge >= 0.3 is 0 Å². The molecule has 4 heteroatoms. The van der Waals surface area contributed by atoms with E-state index in [1.54, 1.807) is 0 Å². The Balaban J connectivity index is 2.33. The summed E-state index contributed by atoms with van der Waals surface area (Å²) in [6, 6.07) is 7.88. The molecule has 1 aromatic carbocycles. The highest BCUT2D eigenvalue weighted by molar-refractivity contribution is 6.30. The van der Waals surface area contributed by atoms with Gasteiger partial charge in [-0.1, -0.05) is 23.7 Å². The summed E-state index contributed by atoms with van der Waals surface area (Å²) in [6.07, 6.45) is 2.98. The lowest BCUT2D eigenvalue weighted by atomic mass is 10.1. The predicted octanol–water partition coefficient (Wildman–Crippen LogP) is 2.50. The third kappa shape index (κ3) is 2.87. The first-order chi connectivity index (χ1) is 8.20. The molecule has 0 saturated carbocycles. The number of aryl methyl sites for hydroxylation is 1. The van der Waals surface area contributed by atoms with Crippen molar-refractivity contribution < 1.29 is 0 Å². The van der Waals surface area contributed by atoms with Crippen molar-refractivity contribution in [2.45, 2.75) is 6.42 Å². The molecule has 0 saturated heterocycles. The molecule has 0 spiro atoms. The Kier molecular flexibility index (Phi) is 3.82. The molecule has 0 fully saturated rings. The molecule has 3 nitrogen and oxygen atoms in total. The van der Waals surface area contributed by atoms with Crippen LogP contribution in [0.3, 0.4) is 0 Å². The van der Waals surface area contributed by atoms with Crippen LogP contribution in [0.25, 0.3) is 11.1 Å². The molecule has 1 N–H and O–H groups in total. The average Bonchev–Trinajstić information content (AvgIpc) is 2.69. The maximum atomic E-state index is 5.90. The summed E-state index contributed by atoms with van der Waals surface area (Å²) in [6.45, 7) is 0.928. The predicted molar refractivity (Wildman–Crippen MR) is 71.3 cm³/mol. The molecule has 1 aromatic heterocycles. The Morgan fingerprint density at radius 3 is 2.65 bits per heavy atom. The number of halogens is 1. The normalized spacial score (nSPS) is 10.8. The van der Waals surface area contributed by atoms with Gasteiger partial charge in [-0.3, -0.25) is 4.68 Å². The molecule has 1 heterocycles. The lowest BCUT2D eigenvalue weighted by Crippen LogP contribution is -2.11. The summed E-state index contributed by atoms with van der Waals surface area (Å²) >= 11 is 5.90. The molecule has 90 valence electrons. The van der Waals surface area contributed by atoms with Gasteiger partial charge in [-0.2, -0.15) is 5.10 Å². The minimum absolute atomic E-state index is 0.759. The maximum absolute atomic E-state index is 5.90. The number of likely N-dealkylation sites (N-methyl/N-ethyl adjacent to an activating group) is 1. The van der Waals surface area contributed by atoms with E-state index in [0.29, 0.717) is 0 Å². The lowest BCUT2D eigenvalue weighted by Gasteiger charge is -2.02. The molecule has 0 aliphatic heterocycles. The molecule has 0 aliphatic rings. The molecule has 0 amide bonds. The van der Waals surface area contributed by atoms with Crippen LogP contribution in [-0.2, 0) is 13.5 Å². The van der Waals surface area contributed by atoms with Crippen molar-refractivity contribution in [3.63, 3.8) is 0 Å². The van der Waals surface area contributed by atoms with E-state index >= 15 is 0 Å². The van der Waals surface area contributed by atoms with E-state index in [1.165, 1.54) is 5.56 Å². The van der Waals surface area contributed by atoms with Crippen LogP contribution in [0.5, 0.6) is 0 Å². The first-order valence-corrected chi connectivity index (χ1v) is 6.01. The summed E-state index contributed by atoms with van der Waals surface area (Å²) in [5.74, 6) is 0. The molecule has 0 aliphatic carbocycles. The highest BCUT2D eigenvalue weighted by atomic mass is 35.5. The van der Waals surface area contributed by atoms with Crippen LogP contribution >= 0.6 is 11.6 Å². The van der Waals surface area contributed by atoms with Gasteiger partial charge in [0, 0.05) is 36.8 Å². The zero-order valence-corrected chi connectivity index (χ0v) is 10.8. The van der Waals surface area contributed by atoms with Gasteiger partial charge in [0.05, 0.1) is 5.69 Å². The molecule has 2 rings (SSSR count). The molecule has 17 heavy (non-hydrogen) atoms. The number of nitrogens with zero attached hydrogens (tertiary/aromatic N) is 2. The highest BCUT2D eigenvalue weighted by Gasteiger charge is 2.09. The minimum Gasteiger partial charge on any atom is -0.319 e. The van der Waals surface area contributed by atoms with Crippen molar-refractivity contribution in [2.75, 3.05) is 13.6 Å². The van der Waals surface area contributed by atoms with E-state index in [2.05, 4.69) is 10.4 Å². The topological polar surface area (TPSA) is 29.9 Å². The van der Waals surface area contributed by atoms with Gasteiger partial charge in [0.1, 0.15) is 0 Å². The third-order valence-electron chi connectivity index (χ3n) is 2.67. The van der Waals surface area contributed by atoms with Crippen molar-refractivity contribution in [1.82, 2.24) is 15.1 Å². The highest BCUT2D eigenvalue weighted by Crippen LogP contribution is 2.24. The molecule has 2 aromatic rings. The summed E-state index contributed by atoms with van der Waals surface area (Å²) in [5, 5.41) is 8.39. The Morgan fingerprint density at radius 2 is 2.00 bits per heavy atom. The van der Waals surface area contributed by atoms with Crippen LogP contribution in [0, 0.1) is 0 Å². The number of hydrogen-bond acceptors (Lipinski definition) is 2. The monoisotopic (exact) mass is 249 g/mol. The Bertz CT molecular complexity index is 488. The van der Waals surface area contributed by atoms with Gasteiger partial charge < -0.3 is 5.32 Å². The number of nitrogens with one attached hydrogen (secondary N) is 1. The van der Waals surface area contributed by atoms with Crippen LogP contribution in [0.15, 0.2) is 30.5 Å². The van der Waals surface area contributed by atoms with Gasteiger partial charge in [0.15, 0.2) is 0 Å². The molecule has 0 unspecified atom stereocenters. The van der Waals surface area contributed by atoms with Crippen LogP contribution in [0.1, 0.15) is 5.69 Å². The third-order valence-corrected chi connectivity index (χ3v) is 2.92. The lowest BCUT2D eigenvalue weighted by molar-refractivity contribution is 0.717. The first-order valence-electron chi connectivity index (χ1n) is 5.64. The summed E-state index contributed by atoms with van der Waals surface area (Å²) in [5.41, 5.74) is 3.46. The second-order valence-electron chi connectivity index (χ2n) is 4.02. The SMILES string of the molecule is CNCCc1nn(C)cc1-c1ccc(Cl)cc1. The maximum Gasteiger partial charge on any atom is 0.0715 e. The van der Waals surface area contributed by atoms with Crippen molar-refractivity contribution >= 4 is 11.6 Å². The summed E-state index contributed by atoms with van der Waals surface area (Å²) < 4.78 is 1.86. The van der Waals surface area contributed by atoms with Crippen molar-refractivity contribution in [2.24, 2.45) is 7.05 Å². The largest absolute Gasteiger partial charge is 0.319 e. The number of hydrogen-bond donors (Lipinski definition) is 1. The fourth-order valence-electron chi connectivity index (χ4n) is 1.83. The second-order valence-corrected chi connectivity index (χ2v) is 4.46. The van der Waals surface area contributed by atoms with Crippen molar-refractivity contribution in [1.29, 1.82) is 0 Å². The molecule has 0 bridgehead atoms. The fraction of sp³-hybridized carbons (Fsp3) is 0.308. The van der Waals surface area contributed by atoms with E-state index in [9.17, 15) is 0 Å². The molecular formula is C13H16ClN3. The standard InChI is InChI=1S/C13H16ClN3/c1-15-8-7-13-12(9-17(2)16-13)10-3-5-11(14)6-4-10/h3-6,9,15H,7-8H2,1-2H3. The van der Waals surface area contributed by atoms with Crippen LogP contribution in [0.4, 0.5) is 0 Å². The van der Waals surface area contributed by atoms with Crippen LogP contribution in [-0.4, -0.2) is 23.4 Å². The van der Waals surface area contributed by atoms with Gasteiger partial charge in [-0.15, -0.1) is 0 Å². The molecule has 0 radical (unpaired) electrons. The average molecular weight is 250 g/mol. The summed E-state index contributed by atoms with van der Waals surface area (Å²) in [4.78, 5) is 0. The number of rotatable bonds is 4. The van der Waals surface area contributed by atoms with Gasteiger partial charge in [0.2, 0.25) is 0 Å². The van der Waals surface area contributed by atoms with E-state index < -0.39 is 0 Å². The number of aromatic nitrogens is 2. The van der Waals surface area contributed by atoms with E-state index in [0.717, 1.165) is 29.2 Å². The van der Waals surface area contributed by atoms with E-state index in [4.69, 9.17) is 11.6 Å². The Morgan fingerprint density at radius 1 is 1.29 bits per heavy atom. The second kappa shape index (κ2) is 5.34. The zero-order chi connectivity index (χ0) is 12.3. The van der Waals surface area contributed by atoms with E-state index in [-0.39, 0.29) is 0 Å². The van der Waals surface area contributed by atoms with Crippen LogP contribution in [0.2, 0.25) is 5.02 Å². The minimum atomic E-state index is 0.759. The van der Waals surface area contributed by atoms with Gasteiger partial charge in [0.25, 0.3) is 0 Å². The summed E-state index contributed by atoms with van der Waals surface area (Å²) in [7, 11) is 3.90. The molecular weight excluding hydrogens is 234 g/mol. The number of benzene rings is 1. The van der Waals surface area contributed by atoms with Gasteiger partial charge in [-0.05, 0) is 24.7 Å². The van der Waals surface area contributed by atoms with Gasteiger partial charge in [-0.25, -0.2) is 0 Å². The smallest absolute Gasteiger partial charge is 0.0715 e. The van der Waals surface area contributed by atoms with E-state index in [1.807, 2.05) is 49.2 Å². The van der Waals surface area contributed by atoms with Crippen molar-refractivity contribution in [3.05, 3.63) is 41.2 Å². The van der Waals surface area contributed by atoms with Crippen LogP contribution < -0.4 is 5.32 Å². The quantitative estimate of drug-likeness (QED) is 0.902. The molecule has 0 atom stereocenters. The first kappa shape index (κ1) is 12.1. The Labute approximate surface area is 106 Å². The van der Waals surface area contributed by atoms with Crippen molar-refractivity contribution in [3.8, 4) is 11.1 Å². The Hall–Kier alpha value is -1.32. The fourth-order valence-corrected chi connectivity index (χ4v) is 1.96. The zero-order valence-electron chi connectivity index (χ0n) is 10.1.